The van der Waals surface area contributed by atoms with Crippen LogP contribution in [0.3, 0.4) is 0 Å². The topological polar surface area (TPSA) is 250 Å². The van der Waals surface area contributed by atoms with E-state index >= 15 is 0 Å². The number of phenols is 1. The summed E-state index contributed by atoms with van der Waals surface area (Å²) in [6.07, 6.45) is -1.02. The Kier molecular flexibility index (Phi) is 10.7. The average molecular weight is 744 g/mol. The number of hydrogen-bond donors (Lipinski definition) is 6. The second-order valence-electron chi connectivity index (χ2n) is 16.0. The predicted molar refractivity (Wildman–Crippen MR) is 190 cm³/mol. The zero-order valence-electron chi connectivity index (χ0n) is 31.6. The zero-order valence-corrected chi connectivity index (χ0v) is 31.6. The van der Waals surface area contributed by atoms with Crippen molar-refractivity contribution in [3.05, 3.63) is 39.9 Å². The van der Waals surface area contributed by atoms with Crippen LogP contribution < -0.4 is 16.0 Å². The number of likely N-dealkylation sites (N-methyl/N-ethyl adjacent to an activating group) is 1. The molecule has 3 aliphatic carbocycles. The van der Waals surface area contributed by atoms with Gasteiger partial charge in [0.2, 0.25) is 18.5 Å². The monoisotopic (exact) mass is 743 g/mol. The lowest BCUT2D eigenvalue weighted by atomic mass is 9.58. The van der Waals surface area contributed by atoms with Gasteiger partial charge in [0.25, 0.3) is 5.91 Å². The highest BCUT2D eigenvalue weighted by Gasteiger charge is 2.63. The van der Waals surface area contributed by atoms with Crippen molar-refractivity contribution in [3.63, 3.8) is 0 Å². The molecule has 7 N–H and O–H groups in total. The lowest BCUT2D eigenvalue weighted by molar-refractivity contribution is -0.162. The number of esters is 1. The number of ketones is 2. The molecule has 0 aliphatic heterocycles. The van der Waals surface area contributed by atoms with E-state index in [1.807, 2.05) is 0 Å². The van der Waals surface area contributed by atoms with E-state index in [1.54, 1.807) is 74.6 Å². The van der Waals surface area contributed by atoms with E-state index in [-0.39, 0.29) is 29.7 Å². The number of nitrogens with zero attached hydrogens (tertiary/aromatic N) is 3. The van der Waals surface area contributed by atoms with Crippen LogP contribution in [0.1, 0.15) is 63.9 Å². The minimum atomic E-state index is -2.81. The molecule has 17 heteroatoms. The summed E-state index contributed by atoms with van der Waals surface area (Å²) in [4.78, 5) is 82.9. The van der Waals surface area contributed by atoms with Crippen LogP contribution in [0.2, 0.25) is 0 Å². The Balaban J connectivity index is 1.72. The van der Waals surface area contributed by atoms with Crippen molar-refractivity contribution in [2.24, 2.45) is 23.0 Å². The maximum Gasteiger partial charge on any atom is 0.413 e. The van der Waals surface area contributed by atoms with Gasteiger partial charge in [-0.1, -0.05) is 0 Å². The molecule has 0 heterocycles. The normalized spacial score (nSPS) is 22.8. The largest absolute Gasteiger partial charge is 0.510 e. The first-order valence-electron chi connectivity index (χ1n) is 16.9. The summed E-state index contributed by atoms with van der Waals surface area (Å²) in [5.74, 6) is -9.38. The summed E-state index contributed by atoms with van der Waals surface area (Å²) >= 11 is 0. The molecule has 0 radical (unpaired) electrons. The SMILES string of the molecule is CN(C)c1cc(NC(=O)CN(C(=O)OCOC(=O)C(C)(C)C)C(C)(C)C)c(O)c2c1C[C@H]1C[C@H]3[C@H](N(C)C)C(O)=C(C(N)=O)C(=O)[C@@]3(O)C(O)=C1C2=O. The van der Waals surface area contributed by atoms with Crippen molar-refractivity contribution < 1.29 is 58.7 Å². The number of hydrogen-bond acceptors (Lipinski definition) is 14. The molecule has 0 unspecified atom stereocenters. The van der Waals surface area contributed by atoms with E-state index in [9.17, 15) is 49.2 Å². The summed E-state index contributed by atoms with van der Waals surface area (Å²) in [5, 5.41) is 48.6. The van der Waals surface area contributed by atoms with Gasteiger partial charge in [-0.05, 0) is 86.0 Å². The Bertz CT molecular complexity index is 1830. The fraction of sp³-hybridized carbons (Fsp3) is 0.556. The number of Topliss-reactive ketones (excluding diaryl/α,β-unsaturated/α-hetero) is 2. The summed E-state index contributed by atoms with van der Waals surface area (Å²) in [6.45, 7) is 8.53. The van der Waals surface area contributed by atoms with Gasteiger partial charge in [0, 0.05) is 36.8 Å². The highest BCUT2D eigenvalue weighted by atomic mass is 16.7. The van der Waals surface area contributed by atoms with Crippen LogP contribution in [-0.4, -0.2) is 124 Å². The number of aromatic hydroxyl groups is 1. The van der Waals surface area contributed by atoms with Gasteiger partial charge in [0.05, 0.1) is 22.7 Å². The van der Waals surface area contributed by atoms with Crippen LogP contribution >= 0.6 is 0 Å². The summed E-state index contributed by atoms with van der Waals surface area (Å²) in [6, 6.07) is 0.308. The summed E-state index contributed by atoms with van der Waals surface area (Å²) < 4.78 is 10.1. The van der Waals surface area contributed by atoms with Gasteiger partial charge in [-0.2, -0.15) is 0 Å². The molecule has 0 aromatic heterocycles. The molecular weight excluding hydrogens is 694 g/mol. The molecule has 17 nitrogen and oxygen atoms in total. The first-order valence-corrected chi connectivity index (χ1v) is 16.9. The predicted octanol–water partition coefficient (Wildman–Crippen LogP) is 1.91. The molecule has 1 aromatic carbocycles. The lowest BCUT2D eigenvalue weighted by Gasteiger charge is -2.50. The fourth-order valence-electron chi connectivity index (χ4n) is 7.13. The molecule has 0 saturated heterocycles. The summed E-state index contributed by atoms with van der Waals surface area (Å²) in [5.41, 5.74) is -0.245. The number of phenolic OH excluding ortho intramolecular Hbond substituents is 1. The second-order valence-corrected chi connectivity index (χ2v) is 16.0. The van der Waals surface area contributed by atoms with E-state index in [0.29, 0.717) is 11.3 Å². The number of aliphatic hydroxyl groups excluding tert-OH is 2. The molecule has 4 rings (SSSR count). The lowest BCUT2D eigenvalue weighted by Crippen LogP contribution is -2.63. The van der Waals surface area contributed by atoms with Crippen molar-refractivity contribution in [3.8, 4) is 5.75 Å². The third-order valence-corrected chi connectivity index (χ3v) is 9.77. The fourth-order valence-corrected chi connectivity index (χ4v) is 7.13. The maximum atomic E-state index is 14.3. The average Bonchev–Trinajstić information content (AvgIpc) is 3.01. The van der Waals surface area contributed by atoms with Crippen LogP contribution in [0.25, 0.3) is 0 Å². The van der Waals surface area contributed by atoms with Crippen LogP contribution in [0.4, 0.5) is 16.2 Å². The molecule has 4 atom stereocenters. The number of nitrogens with two attached hydrogens (primary N) is 1. The van der Waals surface area contributed by atoms with Crippen LogP contribution in [0, 0.1) is 17.3 Å². The standard InChI is InChI=1S/C36H49N5O12/c1-34(2,3)32(49)52-15-53-33(50)41(35(4,5)6)14-21(42)38-19-13-20(39(7)8)17-11-16-12-18-25(40(9)10)28(45)24(31(37)48)30(47)36(18,51)29(46)22(16)27(44)23(17)26(19)43/h13,16,18,25,43,45-46,51H,11-12,14-15H2,1-10H3,(H2,37,48)(H,38,42)/t16-,18-,25-,36-/m0/s1. The number of aliphatic hydroxyl groups is 3. The Hall–Kier alpha value is -5.16. The molecule has 3 aliphatic rings. The van der Waals surface area contributed by atoms with Gasteiger partial charge in [0.1, 0.15) is 23.6 Å². The number of anilines is 2. The van der Waals surface area contributed by atoms with Gasteiger partial charge in [-0.3, -0.25) is 33.8 Å². The minimum Gasteiger partial charge on any atom is -0.510 e. The first kappa shape index (κ1) is 40.6. The van der Waals surface area contributed by atoms with Crippen molar-refractivity contribution in [1.29, 1.82) is 0 Å². The number of allylic oxidation sites excluding steroid dienone is 1. The number of fused-ring (bicyclic) bond motifs is 3. The smallest absolute Gasteiger partial charge is 0.413 e. The van der Waals surface area contributed by atoms with E-state index in [0.717, 1.165) is 4.90 Å². The Labute approximate surface area is 307 Å². The number of benzene rings is 1. The number of rotatable bonds is 8. The number of carbonyl (C=O) groups is 6. The third kappa shape index (κ3) is 7.14. The molecule has 3 amide bonds. The van der Waals surface area contributed by atoms with Crippen LogP contribution in [0.5, 0.6) is 5.75 Å². The van der Waals surface area contributed by atoms with E-state index in [4.69, 9.17) is 15.2 Å². The number of carbonyl (C=O) groups excluding carboxylic acids is 6. The first-order chi connectivity index (χ1) is 24.3. The molecular formula is C36H49N5O12. The Morgan fingerprint density at radius 2 is 1.60 bits per heavy atom. The van der Waals surface area contributed by atoms with E-state index in [2.05, 4.69) is 5.32 Å². The highest BCUT2D eigenvalue weighted by Crippen LogP contribution is 2.54. The van der Waals surface area contributed by atoms with Gasteiger partial charge >= 0.3 is 12.1 Å². The molecule has 290 valence electrons. The van der Waals surface area contributed by atoms with Gasteiger partial charge in [-0.15, -0.1) is 0 Å². The number of amides is 3. The van der Waals surface area contributed by atoms with E-state index < -0.39 is 106 Å². The Morgan fingerprint density at radius 3 is 2.11 bits per heavy atom. The third-order valence-electron chi connectivity index (χ3n) is 9.77. The Morgan fingerprint density at radius 1 is 1.00 bits per heavy atom. The molecule has 0 bridgehead atoms. The van der Waals surface area contributed by atoms with Crippen molar-refractivity contribution in [2.75, 3.05) is 51.7 Å². The quantitative estimate of drug-likeness (QED) is 0.0964. The van der Waals surface area contributed by atoms with Gasteiger partial charge in [-0.25, -0.2) is 4.79 Å². The van der Waals surface area contributed by atoms with Gasteiger partial charge < -0.3 is 45.9 Å². The molecule has 0 fully saturated rings. The number of nitrogens with one attached hydrogen (secondary N) is 1. The van der Waals surface area contributed by atoms with E-state index in [1.165, 1.54) is 11.0 Å². The molecule has 53 heavy (non-hydrogen) atoms. The molecule has 0 spiro atoms. The van der Waals surface area contributed by atoms with Crippen molar-refractivity contribution in [1.82, 2.24) is 9.80 Å². The van der Waals surface area contributed by atoms with Crippen molar-refractivity contribution in [2.45, 2.75) is 71.6 Å². The van der Waals surface area contributed by atoms with Crippen molar-refractivity contribution >= 4 is 46.8 Å². The van der Waals surface area contributed by atoms with Crippen LogP contribution in [-0.2, 0) is 35.1 Å². The van der Waals surface area contributed by atoms with Gasteiger partial charge in [0.15, 0.2) is 17.1 Å². The number of ether oxygens (including phenoxy) is 2. The maximum absolute atomic E-state index is 14.3. The summed E-state index contributed by atoms with van der Waals surface area (Å²) in [7, 11) is 6.43. The molecule has 1 aromatic rings. The molecule has 0 saturated carbocycles. The number of primary amides is 1. The highest BCUT2D eigenvalue weighted by molar-refractivity contribution is 6.25. The minimum absolute atomic E-state index is 0.0350. The second kappa shape index (κ2) is 14.0. The zero-order chi connectivity index (χ0) is 40.3. The van der Waals surface area contributed by atoms with Crippen LogP contribution in [0.15, 0.2) is 28.7 Å².